The summed E-state index contributed by atoms with van der Waals surface area (Å²) in [5.74, 6) is 0. The standard InChI is InChI=1S/C15H19N4O3S/c1-17-8-9-19(15(17)22-23(2,20)21)11-10-18-7-6-12-13(16)4-3-5-14(12)18/h3-9H,10-11,16H2,1-2H3/q+1. The number of nitrogens with two attached hydrogens (primary N) is 1. The van der Waals surface area contributed by atoms with Crippen molar-refractivity contribution in [1.29, 1.82) is 0 Å². The quantitative estimate of drug-likeness (QED) is 0.426. The predicted octanol–water partition coefficient (Wildman–Crippen LogP) is 0.888. The number of aromatic nitrogens is 3. The average molecular weight is 335 g/mol. The van der Waals surface area contributed by atoms with Crippen molar-refractivity contribution >= 4 is 26.7 Å². The van der Waals surface area contributed by atoms with Crippen molar-refractivity contribution in [2.24, 2.45) is 7.05 Å². The van der Waals surface area contributed by atoms with E-state index < -0.39 is 10.1 Å². The minimum Gasteiger partial charge on any atom is -0.398 e. The van der Waals surface area contributed by atoms with E-state index >= 15 is 0 Å². The maximum atomic E-state index is 11.4. The molecule has 0 spiro atoms. The molecule has 0 aliphatic heterocycles. The summed E-state index contributed by atoms with van der Waals surface area (Å²) >= 11 is 0. The van der Waals surface area contributed by atoms with Gasteiger partial charge in [0.15, 0.2) is 0 Å². The zero-order valence-electron chi connectivity index (χ0n) is 13.0. The van der Waals surface area contributed by atoms with Crippen LogP contribution in [0.15, 0.2) is 42.9 Å². The third kappa shape index (κ3) is 3.16. The molecular weight excluding hydrogens is 316 g/mol. The molecular formula is C15H19N4O3S+. The Morgan fingerprint density at radius 2 is 1.91 bits per heavy atom. The van der Waals surface area contributed by atoms with Crippen molar-refractivity contribution in [2.45, 2.75) is 13.1 Å². The van der Waals surface area contributed by atoms with Gasteiger partial charge in [0.1, 0.15) is 18.9 Å². The van der Waals surface area contributed by atoms with Crippen molar-refractivity contribution in [3.8, 4) is 6.01 Å². The van der Waals surface area contributed by atoms with Crippen LogP contribution < -0.4 is 14.5 Å². The molecule has 1 aromatic carbocycles. The fourth-order valence-corrected chi connectivity index (χ4v) is 3.06. The summed E-state index contributed by atoms with van der Waals surface area (Å²) in [5, 5.41) is 1.01. The van der Waals surface area contributed by atoms with E-state index in [2.05, 4.69) is 4.57 Å². The number of imidazole rings is 1. The Kier molecular flexibility index (Phi) is 3.77. The van der Waals surface area contributed by atoms with Crippen LogP contribution in [0.5, 0.6) is 6.01 Å². The van der Waals surface area contributed by atoms with Gasteiger partial charge >= 0.3 is 16.1 Å². The number of aryl methyl sites for hydroxylation is 3. The van der Waals surface area contributed by atoms with E-state index in [9.17, 15) is 8.42 Å². The number of hydrogen-bond donors (Lipinski definition) is 1. The van der Waals surface area contributed by atoms with Crippen molar-refractivity contribution in [1.82, 2.24) is 9.13 Å². The van der Waals surface area contributed by atoms with Gasteiger partial charge in [-0.15, -0.1) is 0 Å². The highest BCUT2D eigenvalue weighted by Gasteiger charge is 2.21. The number of hydrogen-bond acceptors (Lipinski definition) is 4. The number of nitrogen functional groups attached to an aromatic ring is 1. The van der Waals surface area contributed by atoms with Crippen LogP contribution in [0.4, 0.5) is 5.69 Å². The first kappa shape index (κ1) is 15.4. The smallest absolute Gasteiger partial charge is 0.398 e. The molecule has 0 unspecified atom stereocenters. The van der Waals surface area contributed by atoms with Gasteiger partial charge in [0.2, 0.25) is 0 Å². The minimum absolute atomic E-state index is 0.281. The fourth-order valence-electron chi connectivity index (χ4n) is 2.58. The van der Waals surface area contributed by atoms with Crippen molar-refractivity contribution in [3.05, 3.63) is 42.9 Å². The molecule has 0 amide bonds. The molecule has 8 heteroatoms. The van der Waals surface area contributed by atoms with Gasteiger partial charge in [0, 0.05) is 17.3 Å². The molecule has 0 bridgehead atoms. The number of rotatable bonds is 5. The van der Waals surface area contributed by atoms with Gasteiger partial charge in [-0.2, -0.15) is 17.6 Å². The van der Waals surface area contributed by atoms with Gasteiger partial charge in [-0.3, -0.25) is 0 Å². The monoisotopic (exact) mass is 335 g/mol. The average Bonchev–Trinajstić information content (AvgIpc) is 3.02. The van der Waals surface area contributed by atoms with E-state index in [-0.39, 0.29) is 6.01 Å². The first-order valence-corrected chi connectivity index (χ1v) is 8.94. The molecule has 122 valence electrons. The first-order chi connectivity index (χ1) is 10.8. The topological polar surface area (TPSA) is 83.1 Å². The summed E-state index contributed by atoms with van der Waals surface area (Å²) in [6.45, 7) is 1.24. The summed E-state index contributed by atoms with van der Waals surface area (Å²) in [5.41, 5.74) is 7.76. The Morgan fingerprint density at radius 1 is 1.17 bits per heavy atom. The van der Waals surface area contributed by atoms with E-state index in [0.29, 0.717) is 13.1 Å². The van der Waals surface area contributed by atoms with E-state index in [1.54, 1.807) is 28.6 Å². The highest BCUT2D eigenvalue weighted by molar-refractivity contribution is 7.86. The molecule has 7 nitrogen and oxygen atoms in total. The number of fused-ring (bicyclic) bond motifs is 1. The molecule has 0 radical (unpaired) electrons. The third-order valence-corrected chi connectivity index (χ3v) is 4.12. The SMILES string of the molecule is C[n+]1ccn(CCn2ccc3c(N)cccc32)c1OS(C)(=O)=O. The van der Waals surface area contributed by atoms with E-state index in [0.717, 1.165) is 22.8 Å². The molecule has 0 fully saturated rings. The first-order valence-electron chi connectivity index (χ1n) is 7.13. The Morgan fingerprint density at radius 3 is 2.65 bits per heavy atom. The molecule has 3 rings (SSSR count). The van der Waals surface area contributed by atoms with Crippen LogP contribution in [0.2, 0.25) is 0 Å². The fraction of sp³-hybridized carbons (Fsp3) is 0.267. The third-order valence-electron chi connectivity index (χ3n) is 3.67. The lowest BCUT2D eigenvalue weighted by molar-refractivity contribution is -0.674. The summed E-state index contributed by atoms with van der Waals surface area (Å²) < 4.78 is 33.3. The highest BCUT2D eigenvalue weighted by atomic mass is 32.2. The van der Waals surface area contributed by atoms with Gasteiger partial charge in [-0.1, -0.05) is 6.07 Å². The van der Waals surface area contributed by atoms with Gasteiger partial charge in [0.05, 0.1) is 25.4 Å². The second-order valence-electron chi connectivity index (χ2n) is 5.46. The molecule has 0 aliphatic carbocycles. The summed E-state index contributed by atoms with van der Waals surface area (Å²) in [7, 11) is -1.83. The molecule has 0 aliphatic rings. The van der Waals surface area contributed by atoms with E-state index in [1.165, 1.54) is 0 Å². The Balaban J connectivity index is 1.85. The molecule has 2 aromatic heterocycles. The van der Waals surface area contributed by atoms with Gasteiger partial charge in [-0.05, 0) is 18.2 Å². The maximum absolute atomic E-state index is 11.4. The van der Waals surface area contributed by atoms with Crippen LogP contribution in [-0.2, 0) is 30.3 Å². The molecule has 0 saturated carbocycles. The van der Waals surface area contributed by atoms with Gasteiger partial charge in [-0.25, -0.2) is 0 Å². The lowest BCUT2D eigenvalue weighted by atomic mass is 10.2. The summed E-state index contributed by atoms with van der Waals surface area (Å²) in [6, 6.07) is 8.06. The molecule has 2 N–H and O–H groups in total. The number of benzene rings is 1. The maximum Gasteiger partial charge on any atom is 0.471 e. The van der Waals surface area contributed by atoms with Crippen molar-refractivity contribution in [3.63, 3.8) is 0 Å². The van der Waals surface area contributed by atoms with Crippen LogP contribution in [0.3, 0.4) is 0 Å². The Hall–Kier alpha value is -2.48. The minimum atomic E-state index is -3.57. The molecule has 3 aromatic rings. The second-order valence-corrected chi connectivity index (χ2v) is 7.04. The molecule has 0 atom stereocenters. The van der Waals surface area contributed by atoms with E-state index in [4.69, 9.17) is 9.92 Å². The van der Waals surface area contributed by atoms with Gasteiger partial charge < -0.3 is 14.5 Å². The summed E-state index contributed by atoms with van der Waals surface area (Å²) in [6.07, 6.45) is 6.56. The van der Waals surface area contributed by atoms with Crippen LogP contribution in [-0.4, -0.2) is 23.8 Å². The number of nitrogens with zero attached hydrogens (tertiary/aromatic N) is 3. The summed E-state index contributed by atoms with van der Waals surface area (Å²) in [4.78, 5) is 0. The normalized spacial score (nSPS) is 11.9. The largest absolute Gasteiger partial charge is 0.471 e. The van der Waals surface area contributed by atoms with Crippen molar-refractivity contribution < 1.29 is 17.2 Å². The highest BCUT2D eigenvalue weighted by Crippen LogP contribution is 2.22. The van der Waals surface area contributed by atoms with Gasteiger partial charge in [0.25, 0.3) is 0 Å². The van der Waals surface area contributed by atoms with Crippen LogP contribution in [0, 0.1) is 0 Å². The van der Waals surface area contributed by atoms with Crippen LogP contribution in [0.1, 0.15) is 0 Å². The predicted molar refractivity (Wildman–Crippen MR) is 87.4 cm³/mol. The molecule has 2 heterocycles. The number of anilines is 1. The van der Waals surface area contributed by atoms with Crippen molar-refractivity contribution in [2.75, 3.05) is 12.0 Å². The van der Waals surface area contributed by atoms with E-state index in [1.807, 2.05) is 30.5 Å². The van der Waals surface area contributed by atoms with Crippen LogP contribution >= 0.6 is 0 Å². The lowest BCUT2D eigenvalue weighted by Gasteiger charge is -2.06. The zero-order chi connectivity index (χ0) is 16.6. The molecule has 23 heavy (non-hydrogen) atoms. The zero-order valence-corrected chi connectivity index (χ0v) is 13.8. The second kappa shape index (κ2) is 5.62. The Labute approximate surface area is 134 Å². The lowest BCUT2D eigenvalue weighted by Crippen LogP contribution is -2.30. The van der Waals surface area contributed by atoms with Crippen LogP contribution in [0.25, 0.3) is 10.9 Å². The Bertz CT molecular complexity index is 956. The molecule has 0 saturated heterocycles.